The molecule has 0 radical (unpaired) electrons. The van der Waals surface area contributed by atoms with E-state index in [9.17, 15) is 4.79 Å². The molecule has 1 rings (SSSR count). The molecule has 1 aromatic rings. The van der Waals surface area contributed by atoms with Gasteiger partial charge in [-0.05, 0) is 29.5 Å². The summed E-state index contributed by atoms with van der Waals surface area (Å²) in [5.74, 6) is 0.314. The quantitative estimate of drug-likeness (QED) is 0.886. The Bertz CT molecular complexity index is 428. The maximum absolute atomic E-state index is 11.0. The molecule has 0 aliphatic carbocycles. The summed E-state index contributed by atoms with van der Waals surface area (Å²) in [6.45, 7) is 11.0. The highest BCUT2D eigenvalue weighted by atomic mass is 16.5. The summed E-state index contributed by atoms with van der Waals surface area (Å²) in [4.78, 5) is 11.0. The Kier molecular flexibility index (Phi) is 4.38. The molecule has 0 saturated heterocycles. The van der Waals surface area contributed by atoms with E-state index >= 15 is 0 Å². The summed E-state index contributed by atoms with van der Waals surface area (Å²) in [5.41, 5.74) is 1.09. The lowest BCUT2D eigenvalue weighted by Gasteiger charge is -2.23. The molecular formula is C15H22O3. The van der Waals surface area contributed by atoms with Crippen molar-refractivity contribution in [3.05, 3.63) is 29.3 Å². The van der Waals surface area contributed by atoms with Gasteiger partial charge in [-0.3, -0.25) is 0 Å². The van der Waals surface area contributed by atoms with Gasteiger partial charge in [0.25, 0.3) is 0 Å². The third kappa shape index (κ3) is 3.76. The van der Waals surface area contributed by atoms with Crippen molar-refractivity contribution < 1.29 is 14.6 Å². The highest BCUT2D eigenvalue weighted by Crippen LogP contribution is 2.32. The summed E-state index contributed by atoms with van der Waals surface area (Å²) in [6.07, 6.45) is 0. The number of hydrogen-bond donors (Lipinski definition) is 1. The van der Waals surface area contributed by atoms with Crippen LogP contribution >= 0.6 is 0 Å². The number of rotatable bonds is 4. The first kappa shape index (κ1) is 14.6. The van der Waals surface area contributed by atoms with Crippen LogP contribution in [0.15, 0.2) is 18.2 Å². The van der Waals surface area contributed by atoms with E-state index in [0.717, 1.165) is 11.3 Å². The number of benzene rings is 1. The Hall–Kier alpha value is -1.51. The van der Waals surface area contributed by atoms with Gasteiger partial charge >= 0.3 is 5.97 Å². The molecule has 0 fully saturated rings. The molecule has 0 aliphatic rings. The van der Waals surface area contributed by atoms with Gasteiger partial charge in [0.05, 0.1) is 12.2 Å². The fourth-order valence-electron chi connectivity index (χ4n) is 1.63. The van der Waals surface area contributed by atoms with E-state index in [1.807, 2.05) is 0 Å². The zero-order chi connectivity index (χ0) is 13.9. The standard InChI is InChI=1S/C15H22O3/c1-10(2)9-18-13-7-6-11(14(16)17)8-12(13)15(3,4)5/h6-8,10H,9H2,1-5H3,(H,16,17). The number of carbonyl (C=O) groups is 1. The van der Waals surface area contributed by atoms with Crippen molar-refractivity contribution in [1.82, 2.24) is 0 Å². The third-order valence-corrected chi connectivity index (χ3v) is 2.61. The molecule has 0 amide bonds. The first-order valence-electron chi connectivity index (χ1n) is 6.22. The lowest BCUT2D eigenvalue weighted by Crippen LogP contribution is -2.16. The lowest BCUT2D eigenvalue weighted by atomic mass is 9.85. The minimum atomic E-state index is -0.907. The van der Waals surface area contributed by atoms with Crippen LogP contribution < -0.4 is 4.74 Å². The van der Waals surface area contributed by atoms with Crippen LogP contribution in [0.1, 0.15) is 50.5 Å². The summed E-state index contributed by atoms with van der Waals surface area (Å²) in [6, 6.07) is 5.05. The molecule has 1 N–H and O–H groups in total. The van der Waals surface area contributed by atoms with E-state index in [1.165, 1.54) is 0 Å². The van der Waals surface area contributed by atoms with Crippen LogP contribution in [0.2, 0.25) is 0 Å². The molecule has 0 heterocycles. The molecule has 100 valence electrons. The van der Waals surface area contributed by atoms with E-state index in [2.05, 4.69) is 34.6 Å². The Morgan fingerprint density at radius 2 is 1.94 bits per heavy atom. The first-order valence-corrected chi connectivity index (χ1v) is 6.22. The second-order valence-corrected chi connectivity index (χ2v) is 5.97. The second-order valence-electron chi connectivity index (χ2n) is 5.97. The Morgan fingerprint density at radius 3 is 2.39 bits per heavy atom. The maximum Gasteiger partial charge on any atom is 0.335 e. The van der Waals surface area contributed by atoms with Crippen LogP contribution in [0.5, 0.6) is 5.75 Å². The van der Waals surface area contributed by atoms with Gasteiger partial charge in [-0.2, -0.15) is 0 Å². The van der Waals surface area contributed by atoms with Gasteiger partial charge < -0.3 is 9.84 Å². The topological polar surface area (TPSA) is 46.5 Å². The molecule has 0 spiro atoms. The second kappa shape index (κ2) is 5.42. The monoisotopic (exact) mass is 250 g/mol. The SMILES string of the molecule is CC(C)COc1ccc(C(=O)O)cc1C(C)(C)C. The Balaban J connectivity index is 3.13. The first-order chi connectivity index (χ1) is 8.21. The van der Waals surface area contributed by atoms with Gasteiger partial charge in [-0.15, -0.1) is 0 Å². The molecule has 0 atom stereocenters. The molecule has 0 unspecified atom stereocenters. The van der Waals surface area contributed by atoms with Gasteiger partial charge in [-0.25, -0.2) is 4.79 Å². The number of carboxylic acid groups (broad SMARTS) is 1. The smallest absolute Gasteiger partial charge is 0.335 e. The van der Waals surface area contributed by atoms with Crippen molar-refractivity contribution in [2.45, 2.75) is 40.0 Å². The highest BCUT2D eigenvalue weighted by molar-refractivity contribution is 5.88. The van der Waals surface area contributed by atoms with Crippen LogP contribution in [-0.4, -0.2) is 17.7 Å². The van der Waals surface area contributed by atoms with Crippen LogP contribution in [-0.2, 0) is 5.41 Å². The van der Waals surface area contributed by atoms with E-state index in [4.69, 9.17) is 9.84 Å². The van der Waals surface area contributed by atoms with Gasteiger partial charge in [-0.1, -0.05) is 34.6 Å². The summed E-state index contributed by atoms with van der Waals surface area (Å²) < 4.78 is 5.77. The average Bonchev–Trinajstić information content (AvgIpc) is 2.24. The van der Waals surface area contributed by atoms with E-state index in [-0.39, 0.29) is 5.41 Å². The molecule has 0 saturated carbocycles. The molecule has 18 heavy (non-hydrogen) atoms. The lowest BCUT2D eigenvalue weighted by molar-refractivity contribution is 0.0696. The Labute approximate surface area is 109 Å². The normalized spacial score (nSPS) is 11.7. The van der Waals surface area contributed by atoms with E-state index in [1.54, 1.807) is 18.2 Å². The fourth-order valence-corrected chi connectivity index (χ4v) is 1.63. The van der Waals surface area contributed by atoms with Crippen molar-refractivity contribution in [2.24, 2.45) is 5.92 Å². The largest absolute Gasteiger partial charge is 0.493 e. The van der Waals surface area contributed by atoms with Crippen molar-refractivity contribution in [3.8, 4) is 5.75 Å². The van der Waals surface area contributed by atoms with E-state index in [0.29, 0.717) is 18.1 Å². The summed E-state index contributed by atoms with van der Waals surface area (Å²) in [7, 11) is 0. The van der Waals surface area contributed by atoms with Gasteiger partial charge in [0.1, 0.15) is 5.75 Å². The van der Waals surface area contributed by atoms with E-state index < -0.39 is 5.97 Å². The zero-order valence-electron chi connectivity index (χ0n) is 11.8. The predicted molar refractivity (Wildman–Crippen MR) is 72.4 cm³/mol. The molecule has 3 nitrogen and oxygen atoms in total. The fraction of sp³-hybridized carbons (Fsp3) is 0.533. The average molecular weight is 250 g/mol. The van der Waals surface area contributed by atoms with Crippen LogP contribution in [0.4, 0.5) is 0 Å². The molecule has 3 heteroatoms. The van der Waals surface area contributed by atoms with Crippen LogP contribution in [0.3, 0.4) is 0 Å². The summed E-state index contributed by atoms with van der Waals surface area (Å²) >= 11 is 0. The van der Waals surface area contributed by atoms with Crippen molar-refractivity contribution in [3.63, 3.8) is 0 Å². The summed E-state index contributed by atoms with van der Waals surface area (Å²) in [5, 5.41) is 9.04. The van der Waals surface area contributed by atoms with Crippen LogP contribution in [0.25, 0.3) is 0 Å². The predicted octanol–water partition coefficient (Wildman–Crippen LogP) is 3.72. The van der Waals surface area contributed by atoms with Gasteiger partial charge in [0, 0.05) is 5.56 Å². The minimum Gasteiger partial charge on any atom is -0.493 e. The number of hydrogen-bond acceptors (Lipinski definition) is 2. The zero-order valence-corrected chi connectivity index (χ0v) is 11.8. The van der Waals surface area contributed by atoms with Gasteiger partial charge in [0.2, 0.25) is 0 Å². The molecule has 1 aromatic carbocycles. The minimum absolute atomic E-state index is 0.141. The number of ether oxygens (including phenoxy) is 1. The maximum atomic E-state index is 11.0. The highest BCUT2D eigenvalue weighted by Gasteiger charge is 2.21. The molecule has 0 aliphatic heterocycles. The molecule has 0 aromatic heterocycles. The number of aromatic carboxylic acids is 1. The van der Waals surface area contributed by atoms with Crippen LogP contribution in [0, 0.1) is 5.92 Å². The Morgan fingerprint density at radius 1 is 1.33 bits per heavy atom. The van der Waals surface area contributed by atoms with Crippen molar-refractivity contribution in [1.29, 1.82) is 0 Å². The molecule has 0 bridgehead atoms. The third-order valence-electron chi connectivity index (χ3n) is 2.61. The van der Waals surface area contributed by atoms with Gasteiger partial charge in [0.15, 0.2) is 0 Å². The van der Waals surface area contributed by atoms with Crippen molar-refractivity contribution in [2.75, 3.05) is 6.61 Å². The number of carboxylic acids is 1. The van der Waals surface area contributed by atoms with Crippen molar-refractivity contribution >= 4 is 5.97 Å². The molecular weight excluding hydrogens is 228 g/mol.